The second-order valence-electron chi connectivity index (χ2n) is 4.23. The Morgan fingerprint density at radius 1 is 1.47 bits per heavy atom. The van der Waals surface area contributed by atoms with E-state index in [0.29, 0.717) is 5.56 Å². The van der Waals surface area contributed by atoms with Gasteiger partial charge in [0.1, 0.15) is 0 Å². The first-order chi connectivity index (χ1) is 8.09. The SMILES string of the molecule is Cc1[nH]c2ccccc2c1C(=O)NC[C@H](C)O. The van der Waals surface area contributed by atoms with Crippen LogP contribution in [0.15, 0.2) is 24.3 Å². The van der Waals surface area contributed by atoms with Gasteiger partial charge < -0.3 is 15.4 Å². The molecule has 0 unspecified atom stereocenters. The Hall–Kier alpha value is -1.81. The maximum absolute atomic E-state index is 12.0. The number of hydrogen-bond donors (Lipinski definition) is 3. The first kappa shape index (κ1) is 11.7. The third kappa shape index (κ3) is 2.31. The fourth-order valence-corrected chi connectivity index (χ4v) is 1.90. The highest BCUT2D eigenvalue weighted by atomic mass is 16.3. The van der Waals surface area contributed by atoms with E-state index in [2.05, 4.69) is 10.3 Å². The number of hydrogen-bond acceptors (Lipinski definition) is 2. The highest BCUT2D eigenvalue weighted by Gasteiger charge is 2.15. The second-order valence-corrected chi connectivity index (χ2v) is 4.23. The van der Waals surface area contributed by atoms with Crippen molar-refractivity contribution in [1.29, 1.82) is 0 Å². The normalized spacial score (nSPS) is 12.6. The van der Waals surface area contributed by atoms with E-state index >= 15 is 0 Å². The van der Waals surface area contributed by atoms with Crippen molar-refractivity contribution in [2.24, 2.45) is 0 Å². The van der Waals surface area contributed by atoms with Gasteiger partial charge in [-0.3, -0.25) is 4.79 Å². The lowest BCUT2D eigenvalue weighted by Gasteiger charge is -2.07. The molecule has 3 N–H and O–H groups in total. The average molecular weight is 232 g/mol. The maximum atomic E-state index is 12.0. The van der Waals surface area contributed by atoms with E-state index in [1.165, 1.54) is 0 Å². The standard InChI is InChI=1S/C13H16N2O2/c1-8(16)7-14-13(17)12-9(2)15-11-6-4-3-5-10(11)12/h3-6,8,15-16H,7H2,1-2H3,(H,14,17)/t8-/m0/s1. The molecule has 0 aliphatic carbocycles. The van der Waals surface area contributed by atoms with Crippen molar-refractivity contribution in [1.82, 2.24) is 10.3 Å². The molecule has 17 heavy (non-hydrogen) atoms. The number of aromatic amines is 1. The Morgan fingerprint density at radius 2 is 2.18 bits per heavy atom. The number of carbonyl (C=O) groups excluding carboxylic acids is 1. The molecule has 1 atom stereocenters. The van der Waals surface area contributed by atoms with Gasteiger partial charge in [-0.15, -0.1) is 0 Å². The number of aryl methyl sites for hydroxylation is 1. The van der Waals surface area contributed by atoms with Crippen LogP contribution < -0.4 is 5.32 Å². The van der Waals surface area contributed by atoms with Crippen molar-refractivity contribution in [3.8, 4) is 0 Å². The summed E-state index contributed by atoms with van der Waals surface area (Å²) in [5.74, 6) is -0.152. The highest BCUT2D eigenvalue weighted by molar-refractivity contribution is 6.08. The van der Waals surface area contributed by atoms with Crippen molar-refractivity contribution in [3.05, 3.63) is 35.5 Å². The number of aliphatic hydroxyl groups is 1. The van der Waals surface area contributed by atoms with E-state index in [9.17, 15) is 4.79 Å². The minimum absolute atomic E-state index is 0.152. The van der Waals surface area contributed by atoms with Crippen molar-refractivity contribution in [2.45, 2.75) is 20.0 Å². The Labute approximate surface area is 99.7 Å². The van der Waals surface area contributed by atoms with Gasteiger partial charge in [0.25, 0.3) is 5.91 Å². The van der Waals surface area contributed by atoms with Gasteiger partial charge in [0.15, 0.2) is 0 Å². The van der Waals surface area contributed by atoms with Crippen LogP contribution in [0.4, 0.5) is 0 Å². The fraction of sp³-hybridized carbons (Fsp3) is 0.308. The van der Waals surface area contributed by atoms with Gasteiger partial charge in [-0.1, -0.05) is 18.2 Å². The third-order valence-electron chi connectivity index (χ3n) is 2.68. The summed E-state index contributed by atoms with van der Waals surface area (Å²) in [7, 11) is 0. The molecule has 0 saturated heterocycles. The van der Waals surface area contributed by atoms with E-state index in [-0.39, 0.29) is 12.5 Å². The van der Waals surface area contributed by atoms with Crippen LogP contribution in [0, 0.1) is 6.92 Å². The molecule has 1 amide bonds. The number of nitrogens with one attached hydrogen (secondary N) is 2. The third-order valence-corrected chi connectivity index (χ3v) is 2.68. The zero-order valence-electron chi connectivity index (χ0n) is 9.95. The van der Waals surface area contributed by atoms with Gasteiger partial charge in [0, 0.05) is 23.1 Å². The Kier molecular flexibility index (Phi) is 3.15. The molecule has 4 heteroatoms. The molecule has 0 aliphatic heterocycles. The number of para-hydroxylation sites is 1. The van der Waals surface area contributed by atoms with Gasteiger partial charge >= 0.3 is 0 Å². The number of carbonyl (C=O) groups is 1. The molecular formula is C13H16N2O2. The molecular weight excluding hydrogens is 216 g/mol. The largest absolute Gasteiger partial charge is 0.392 e. The van der Waals surface area contributed by atoms with Crippen LogP contribution in [0.3, 0.4) is 0 Å². The van der Waals surface area contributed by atoms with Crippen molar-refractivity contribution < 1.29 is 9.90 Å². The minimum Gasteiger partial charge on any atom is -0.392 e. The van der Waals surface area contributed by atoms with Crippen LogP contribution in [0.25, 0.3) is 10.9 Å². The van der Waals surface area contributed by atoms with Crippen LogP contribution >= 0.6 is 0 Å². The smallest absolute Gasteiger partial charge is 0.253 e. The van der Waals surface area contributed by atoms with E-state index in [4.69, 9.17) is 5.11 Å². The first-order valence-electron chi connectivity index (χ1n) is 5.63. The van der Waals surface area contributed by atoms with Gasteiger partial charge in [0.05, 0.1) is 11.7 Å². The predicted octanol–water partition coefficient (Wildman–Crippen LogP) is 1.59. The Morgan fingerprint density at radius 3 is 2.88 bits per heavy atom. The average Bonchev–Trinajstić information content (AvgIpc) is 2.61. The summed E-state index contributed by atoms with van der Waals surface area (Å²) in [5, 5.41) is 12.8. The highest BCUT2D eigenvalue weighted by Crippen LogP contribution is 2.21. The van der Waals surface area contributed by atoms with Gasteiger partial charge in [0.2, 0.25) is 0 Å². The molecule has 90 valence electrons. The summed E-state index contributed by atoms with van der Waals surface area (Å²) < 4.78 is 0. The van der Waals surface area contributed by atoms with E-state index < -0.39 is 6.10 Å². The number of aromatic nitrogens is 1. The monoisotopic (exact) mass is 232 g/mol. The lowest BCUT2D eigenvalue weighted by Crippen LogP contribution is -2.30. The number of H-pyrrole nitrogens is 1. The van der Waals surface area contributed by atoms with E-state index in [1.54, 1.807) is 6.92 Å². The summed E-state index contributed by atoms with van der Waals surface area (Å²) >= 11 is 0. The first-order valence-corrected chi connectivity index (χ1v) is 5.63. The molecule has 0 aliphatic rings. The quantitative estimate of drug-likeness (QED) is 0.752. The van der Waals surface area contributed by atoms with Gasteiger partial charge in [-0.2, -0.15) is 0 Å². The predicted molar refractivity (Wildman–Crippen MR) is 67.0 cm³/mol. The summed E-state index contributed by atoms with van der Waals surface area (Å²) in [4.78, 5) is 15.2. The number of amides is 1. The lowest BCUT2D eigenvalue weighted by molar-refractivity contribution is 0.0925. The Balaban J connectivity index is 2.34. The molecule has 1 aromatic heterocycles. The fourth-order valence-electron chi connectivity index (χ4n) is 1.90. The molecule has 0 saturated carbocycles. The van der Waals surface area contributed by atoms with Crippen LogP contribution in [0.5, 0.6) is 0 Å². The lowest BCUT2D eigenvalue weighted by atomic mass is 10.1. The zero-order valence-corrected chi connectivity index (χ0v) is 9.95. The maximum Gasteiger partial charge on any atom is 0.253 e. The number of benzene rings is 1. The summed E-state index contributed by atoms with van der Waals surface area (Å²) in [6.07, 6.45) is -0.538. The van der Waals surface area contributed by atoms with Gasteiger partial charge in [-0.05, 0) is 19.9 Å². The number of aliphatic hydroxyl groups excluding tert-OH is 1. The van der Waals surface area contributed by atoms with Crippen LogP contribution in [-0.4, -0.2) is 28.6 Å². The molecule has 2 aromatic rings. The molecule has 1 heterocycles. The minimum atomic E-state index is -0.538. The van der Waals surface area contributed by atoms with Crippen molar-refractivity contribution in [2.75, 3.05) is 6.54 Å². The van der Waals surface area contributed by atoms with Crippen molar-refractivity contribution >= 4 is 16.8 Å². The molecule has 0 fully saturated rings. The van der Waals surface area contributed by atoms with Crippen LogP contribution in [0.1, 0.15) is 23.0 Å². The van der Waals surface area contributed by atoms with E-state index in [0.717, 1.165) is 16.6 Å². The topological polar surface area (TPSA) is 65.1 Å². The molecule has 1 aromatic carbocycles. The van der Waals surface area contributed by atoms with E-state index in [1.807, 2.05) is 31.2 Å². The molecule has 0 radical (unpaired) electrons. The molecule has 2 rings (SSSR count). The molecule has 4 nitrogen and oxygen atoms in total. The van der Waals surface area contributed by atoms with Gasteiger partial charge in [-0.25, -0.2) is 0 Å². The molecule has 0 bridgehead atoms. The zero-order chi connectivity index (χ0) is 12.4. The van der Waals surface area contributed by atoms with Crippen molar-refractivity contribution in [3.63, 3.8) is 0 Å². The summed E-state index contributed by atoms with van der Waals surface area (Å²) in [6, 6.07) is 7.68. The van der Waals surface area contributed by atoms with Crippen LogP contribution in [-0.2, 0) is 0 Å². The Bertz CT molecular complexity index is 543. The molecule has 0 spiro atoms. The van der Waals surface area contributed by atoms with Crippen LogP contribution in [0.2, 0.25) is 0 Å². The number of fused-ring (bicyclic) bond motifs is 1. The second kappa shape index (κ2) is 4.59. The number of rotatable bonds is 3. The summed E-state index contributed by atoms with van der Waals surface area (Å²) in [6.45, 7) is 3.78. The summed E-state index contributed by atoms with van der Waals surface area (Å²) in [5.41, 5.74) is 2.45.